The van der Waals surface area contributed by atoms with Gasteiger partial charge in [-0.3, -0.25) is 0 Å². The monoisotopic (exact) mass is 249 g/mol. The second kappa shape index (κ2) is 3.98. The molecule has 2 aromatic heterocycles. The van der Waals surface area contributed by atoms with Crippen LogP contribution in [-0.4, -0.2) is 14.5 Å². The van der Waals surface area contributed by atoms with Gasteiger partial charge in [-0.05, 0) is 37.8 Å². The molecule has 0 N–H and O–H groups in total. The predicted molar refractivity (Wildman–Crippen MR) is 69.3 cm³/mol. The predicted octanol–water partition coefficient (Wildman–Crippen LogP) is 3.45. The van der Waals surface area contributed by atoms with Gasteiger partial charge in [0.05, 0.1) is 5.88 Å². The van der Waals surface area contributed by atoms with E-state index in [2.05, 4.69) is 21.5 Å². The Morgan fingerprint density at radius 3 is 2.76 bits per heavy atom. The quantitative estimate of drug-likeness (QED) is 0.764. The number of halogens is 1. The molecule has 0 aromatic carbocycles. The fourth-order valence-electron chi connectivity index (χ4n) is 2.66. The van der Waals surface area contributed by atoms with Crippen LogP contribution in [0.3, 0.4) is 0 Å². The van der Waals surface area contributed by atoms with Crippen LogP contribution in [0.15, 0.2) is 12.1 Å². The van der Waals surface area contributed by atoms with Crippen molar-refractivity contribution in [1.82, 2.24) is 14.5 Å². The normalized spacial score (nSPS) is 23.9. The van der Waals surface area contributed by atoms with Crippen molar-refractivity contribution in [1.29, 1.82) is 0 Å². The van der Waals surface area contributed by atoms with E-state index in [0.717, 1.165) is 28.6 Å². The molecule has 90 valence electrons. The summed E-state index contributed by atoms with van der Waals surface area (Å²) in [5, 5.41) is 0. The average Bonchev–Trinajstić information content (AvgIpc) is 2.62. The maximum atomic E-state index is 5.99. The number of imidazole rings is 1. The van der Waals surface area contributed by atoms with E-state index < -0.39 is 0 Å². The SMILES string of the molecule is Cc1ccc2nc(CCl)n(C3CC(C)C3)c2n1. The first-order chi connectivity index (χ1) is 8.19. The molecule has 1 aliphatic carbocycles. The Morgan fingerprint density at radius 1 is 1.35 bits per heavy atom. The third-order valence-corrected chi connectivity index (χ3v) is 3.82. The fraction of sp³-hybridized carbons (Fsp3) is 0.538. The van der Waals surface area contributed by atoms with Crippen molar-refractivity contribution in [3.8, 4) is 0 Å². The maximum Gasteiger partial charge on any atom is 0.160 e. The highest BCUT2D eigenvalue weighted by Crippen LogP contribution is 2.39. The summed E-state index contributed by atoms with van der Waals surface area (Å²) in [5.74, 6) is 2.22. The molecule has 0 amide bonds. The summed E-state index contributed by atoms with van der Waals surface area (Å²) in [5.41, 5.74) is 3.00. The number of rotatable bonds is 2. The third-order valence-electron chi connectivity index (χ3n) is 3.58. The standard InChI is InChI=1S/C13H16ClN3/c1-8-5-10(6-8)17-12(7-14)16-11-4-3-9(2)15-13(11)17/h3-4,8,10H,5-7H2,1-2H3. The number of alkyl halides is 1. The Hall–Kier alpha value is -1.09. The first-order valence-corrected chi connectivity index (χ1v) is 6.63. The van der Waals surface area contributed by atoms with E-state index in [0.29, 0.717) is 11.9 Å². The molecule has 17 heavy (non-hydrogen) atoms. The molecule has 0 atom stereocenters. The number of hydrogen-bond donors (Lipinski definition) is 0. The van der Waals surface area contributed by atoms with E-state index in [1.807, 2.05) is 19.1 Å². The van der Waals surface area contributed by atoms with Gasteiger partial charge < -0.3 is 4.57 Å². The second-order valence-electron chi connectivity index (χ2n) is 5.06. The molecule has 0 spiro atoms. The topological polar surface area (TPSA) is 30.7 Å². The van der Waals surface area contributed by atoms with E-state index >= 15 is 0 Å². The zero-order chi connectivity index (χ0) is 12.0. The zero-order valence-corrected chi connectivity index (χ0v) is 10.9. The minimum atomic E-state index is 0.459. The van der Waals surface area contributed by atoms with Crippen molar-refractivity contribution < 1.29 is 0 Å². The molecule has 0 radical (unpaired) electrons. The van der Waals surface area contributed by atoms with E-state index in [9.17, 15) is 0 Å². The minimum absolute atomic E-state index is 0.459. The lowest BCUT2D eigenvalue weighted by molar-refractivity contribution is 0.217. The van der Waals surface area contributed by atoms with Crippen molar-refractivity contribution in [2.75, 3.05) is 0 Å². The minimum Gasteiger partial charge on any atom is -0.309 e. The van der Waals surface area contributed by atoms with Crippen LogP contribution in [0, 0.1) is 12.8 Å². The van der Waals surface area contributed by atoms with Gasteiger partial charge in [0.15, 0.2) is 5.65 Å². The number of pyridine rings is 1. The molecular formula is C13H16ClN3. The number of nitrogens with zero attached hydrogens (tertiary/aromatic N) is 3. The molecule has 0 aliphatic heterocycles. The molecular weight excluding hydrogens is 234 g/mol. The van der Waals surface area contributed by atoms with Crippen LogP contribution in [0.25, 0.3) is 11.2 Å². The van der Waals surface area contributed by atoms with Gasteiger partial charge in [-0.2, -0.15) is 0 Å². The molecule has 0 unspecified atom stereocenters. The number of aryl methyl sites for hydroxylation is 1. The average molecular weight is 250 g/mol. The summed E-state index contributed by atoms with van der Waals surface area (Å²) >= 11 is 5.99. The second-order valence-corrected chi connectivity index (χ2v) is 5.32. The summed E-state index contributed by atoms with van der Waals surface area (Å²) < 4.78 is 2.25. The van der Waals surface area contributed by atoms with E-state index in [1.165, 1.54) is 12.8 Å². The summed E-state index contributed by atoms with van der Waals surface area (Å²) in [6, 6.07) is 4.57. The van der Waals surface area contributed by atoms with Gasteiger partial charge in [-0.25, -0.2) is 9.97 Å². The van der Waals surface area contributed by atoms with E-state index in [-0.39, 0.29) is 0 Å². The van der Waals surface area contributed by atoms with Crippen LogP contribution >= 0.6 is 11.6 Å². The van der Waals surface area contributed by atoms with E-state index in [4.69, 9.17) is 11.6 Å². The Morgan fingerprint density at radius 2 is 2.12 bits per heavy atom. The zero-order valence-electron chi connectivity index (χ0n) is 10.2. The van der Waals surface area contributed by atoms with Gasteiger partial charge in [0.25, 0.3) is 0 Å². The van der Waals surface area contributed by atoms with Crippen molar-refractivity contribution >= 4 is 22.8 Å². The highest BCUT2D eigenvalue weighted by atomic mass is 35.5. The first-order valence-electron chi connectivity index (χ1n) is 6.09. The van der Waals surface area contributed by atoms with Crippen LogP contribution in [0.2, 0.25) is 0 Å². The van der Waals surface area contributed by atoms with Gasteiger partial charge in [0.2, 0.25) is 0 Å². The molecule has 2 heterocycles. The Labute approximate surface area is 106 Å². The summed E-state index contributed by atoms with van der Waals surface area (Å²) in [7, 11) is 0. The molecule has 3 nitrogen and oxygen atoms in total. The highest BCUT2D eigenvalue weighted by molar-refractivity contribution is 6.16. The van der Waals surface area contributed by atoms with Gasteiger partial charge in [-0.1, -0.05) is 6.92 Å². The summed E-state index contributed by atoms with van der Waals surface area (Å²) in [6.07, 6.45) is 2.43. The number of fused-ring (bicyclic) bond motifs is 1. The molecule has 2 aromatic rings. The lowest BCUT2D eigenvalue weighted by Gasteiger charge is -2.34. The number of hydrogen-bond acceptors (Lipinski definition) is 2. The van der Waals surface area contributed by atoms with Crippen LogP contribution in [0.5, 0.6) is 0 Å². The van der Waals surface area contributed by atoms with Gasteiger partial charge in [0, 0.05) is 11.7 Å². The van der Waals surface area contributed by atoms with Gasteiger partial charge in [-0.15, -0.1) is 11.6 Å². The molecule has 4 heteroatoms. The lowest BCUT2D eigenvalue weighted by Crippen LogP contribution is -2.26. The third kappa shape index (κ3) is 1.73. The largest absolute Gasteiger partial charge is 0.309 e. The van der Waals surface area contributed by atoms with Gasteiger partial charge >= 0.3 is 0 Å². The van der Waals surface area contributed by atoms with Crippen LogP contribution in [0.4, 0.5) is 0 Å². The highest BCUT2D eigenvalue weighted by Gasteiger charge is 2.30. The van der Waals surface area contributed by atoms with Crippen LogP contribution in [-0.2, 0) is 5.88 Å². The molecule has 3 rings (SSSR count). The van der Waals surface area contributed by atoms with Crippen LogP contribution < -0.4 is 0 Å². The van der Waals surface area contributed by atoms with Crippen molar-refractivity contribution in [2.24, 2.45) is 5.92 Å². The molecule has 0 saturated heterocycles. The number of aromatic nitrogens is 3. The summed E-state index contributed by atoms with van der Waals surface area (Å²) in [4.78, 5) is 9.18. The Kier molecular flexibility index (Phi) is 2.58. The van der Waals surface area contributed by atoms with Crippen LogP contribution in [0.1, 0.15) is 37.3 Å². The smallest absolute Gasteiger partial charge is 0.160 e. The fourth-order valence-corrected chi connectivity index (χ4v) is 2.85. The molecule has 1 saturated carbocycles. The first kappa shape index (κ1) is 11.0. The summed E-state index contributed by atoms with van der Waals surface area (Å²) in [6.45, 7) is 4.30. The molecule has 1 fully saturated rings. The molecule has 0 bridgehead atoms. The lowest BCUT2D eigenvalue weighted by atomic mass is 9.81. The Bertz CT molecular complexity index is 555. The van der Waals surface area contributed by atoms with Crippen molar-refractivity contribution in [3.05, 3.63) is 23.7 Å². The van der Waals surface area contributed by atoms with Gasteiger partial charge in [0.1, 0.15) is 11.3 Å². The van der Waals surface area contributed by atoms with E-state index in [1.54, 1.807) is 0 Å². The maximum absolute atomic E-state index is 5.99. The van der Waals surface area contributed by atoms with Crippen molar-refractivity contribution in [3.63, 3.8) is 0 Å². The van der Waals surface area contributed by atoms with Crippen molar-refractivity contribution in [2.45, 2.75) is 38.6 Å². The Balaban J connectivity index is 2.15. The molecule has 1 aliphatic rings.